The lowest BCUT2D eigenvalue weighted by Gasteiger charge is -2.32. The lowest BCUT2D eigenvalue weighted by molar-refractivity contribution is -0.146. The van der Waals surface area contributed by atoms with Gasteiger partial charge in [-0.3, -0.25) is 28.8 Å². The van der Waals surface area contributed by atoms with E-state index >= 15 is 0 Å². The van der Waals surface area contributed by atoms with Crippen molar-refractivity contribution in [3.05, 3.63) is 59.7 Å². The van der Waals surface area contributed by atoms with E-state index in [1.54, 1.807) is 23.1 Å². The molecule has 2 aromatic rings. The number of hydrogen-bond donors (Lipinski definition) is 4. The number of rotatable bonds is 18. The van der Waals surface area contributed by atoms with Gasteiger partial charge in [-0.2, -0.15) is 0 Å². The molecule has 1 aliphatic heterocycles. The molecule has 0 saturated heterocycles. The number of benzene rings is 2. The van der Waals surface area contributed by atoms with E-state index in [2.05, 4.69) is 6.92 Å². The summed E-state index contributed by atoms with van der Waals surface area (Å²) in [6, 6.07) is 14.6. The molecule has 0 aliphatic carbocycles. The number of amides is 6. The molecule has 0 unspecified atom stereocenters. The van der Waals surface area contributed by atoms with Crippen LogP contribution < -0.4 is 22.9 Å². The van der Waals surface area contributed by atoms with Gasteiger partial charge >= 0.3 is 0 Å². The molecule has 0 atom stereocenters. The van der Waals surface area contributed by atoms with Crippen LogP contribution in [0.4, 0.5) is 0 Å². The molecule has 4 bridgehead atoms. The highest BCUT2D eigenvalue weighted by Crippen LogP contribution is 2.24. The van der Waals surface area contributed by atoms with Gasteiger partial charge in [0.15, 0.2) is 0 Å². The van der Waals surface area contributed by atoms with E-state index in [0.29, 0.717) is 82.3 Å². The van der Waals surface area contributed by atoms with Crippen molar-refractivity contribution in [3.8, 4) is 11.1 Å². The third kappa shape index (κ3) is 15.0. The smallest absolute Gasteiger partial charge is 0.254 e. The standard InChI is InChI=1S/C41H63N9O6/c1-2-3-7-23-49-31-39(54)47(21-9-5-18-43)29-37(52)46(20-8-4-17-42)28-38(53)48(22-10-6-19-44)30-40(55)50(27-36(45)51)26-32-13-11-14-33(24-32)34-15-12-16-35(25-34)41(49)56/h11-16,24-25H,2-10,17-23,26-31,42-44H2,1H3,(H2,45,51). The SMILES string of the molecule is CCCCCN1CC(=O)N(CCCCN)CC(=O)N(CCCCN)CC(=O)N(CCCCN)CC(=O)N(CC(N)=O)Cc2cccc(c2)-c2cccc(c2)C1=O. The molecule has 3 rings (SSSR count). The van der Waals surface area contributed by atoms with Gasteiger partial charge in [0.2, 0.25) is 29.5 Å². The van der Waals surface area contributed by atoms with Crippen LogP contribution in [0, 0.1) is 0 Å². The van der Waals surface area contributed by atoms with Crippen LogP contribution in [0.15, 0.2) is 48.5 Å². The molecule has 0 fully saturated rings. The van der Waals surface area contributed by atoms with Crippen LogP contribution in [0.25, 0.3) is 11.1 Å². The first-order valence-electron chi connectivity index (χ1n) is 20.0. The first kappa shape index (κ1) is 45.5. The fourth-order valence-electron chi connectivity index (χ4n) is 6.58. The van der Waals surface area contributed by atoms with Crippen molar-refractivity contribution in [2.24, 2.45) is 22.9 Å². The molecule has 56 heavy (non-hydrogen) atoms. The zero-order valence-electron chi connectivity index (χ0n) is 33.2. The second-order valence-corrected chi connectivity index (χ2v) is 14.4. The Bertz CT molecular complexity index is 1600. The third-order valence-electron chi connectivity index (χ3n) is 9.77. The maximum Gasteiger partial charge on any atom is 0.254 e. The Labute approximate surface area is 331 Å². The highest BCUT2D eigenvalue weighted by molar-refractivity contribution is 5.98. The van der Waals surface area contributed by atoms with Gasteiger partial charge in [0, 0.05) is 38.3 Å². The molecule has 308 valence electrons. The summed E-state index contributed by atoms with van der Waals surface area (Å²) in [4.78, 5) is 89.7. The largest absolute Gasteiger partial charge is 0.368 e. The lowest BCUT2D eigenvalue weighted by atomic mass is 10.00. The lowest BCUT2D eigenvalue weighted by Crippen LogP contribution is -2.51. The maximum absolute atomic E-state index is 14.2. The number of carbonyl (C=O) groups is 6. The molecule has 0 aromatic heterocycles. The van der Waals surface area contributed by atoms with E-state index in [-0.39, 0.29) is 70.7 Å². The summed E-state index contributed by atoms with van der Waals surface area (Å²) < 4.78 is 0. The monoisotopic (exact) mass is 777 g/mol. The van der Waals surface area contributed by atoms with Gasteiger partial charge < -0.3 is 47.4 Å². The van der Waals surface area contributed by atoms with Crippen molar-refractivity contribution in [2.45, 2.75) is 71.3 Å². The van der Waals surface area contributed by atoms with Crippen molar-refractivity contribution in [2.75, 3.05) is 78.5 Å². The van der Waals surface area contributed by atoms with Gasteiger partial charge in [-0.05, 0) is 99.5 Å². The normalized spacial score (nSPS) is 15.4. The first-order chi connectivity index (χ1) is 27.0. The van der Waals surface area contributed by atoms with Crippen molar-refractivity contribution < 1.29 is 28.8 Å². The van der Waals surface area contributed by atoms with Crippen LogP contribution in [-0.4, -0.2) is 138 Å². The first-order valence-corrected chi connectivity index (χ1v) is 20.0. The predicted molar refractivity (Wildman–Crippen MR) is 217 cm³/mol. The molecular formula is C41H63N9O6. The van der Waals surface area contributed by atoms with Gasteiger partial charge in [-0.25, -0.2) is 0 Å². The topological polar surface area (TPSA) is 223 Å². The summed E-state index contributed by atoms with van der Waals surface area (Å²) in [6.45, 7) is 2.72. The molecule has 0 spiro atoms. The molecule has 15 heteroatoms. The predicted octanol–water partition coefficient (Wildman–Crippen LogP) is 1.52. The second-order valence-electron chi connectivity index (χ2n) is 14.4. The average molecular weight is 778 g/mol. The molecule has 2 aromatic carbocycles. The second kappa shape index (κ2) is 24.6. The zero-order chi connectivity index (χ0) is 40.9. The number of nitrogens with two attached hydrogens (primary N) is 4. The minimum atomic E-state index is -0.710. The van der Waals surface area contributed by atoms with Crippen LogP contribution in [-0.2, 0) is 30.5 Å². The highest BCUT2D eigenvalue weighted by Gasteiger charge is 2.29. The summed E-state index contributed by atoms with van der Waals surface area (Å²) in [6.07, 6.45) is 5.91. The van der Waals surface area contributed by atoms with Crippen molar-refractivity contribution in [1.82, 2.24) is 24.5 Å². The van der Waals surface area contributed by atoms with E-state index in [1.165, 1.54) is 19.6 Å². The van der Waals surface area contributed by atoms with Crippen molar-refractivity contribution in [1.29, 1.82) is 0 Å². The summed E-state index contributed by atoms with van der Waals surface area (Å²) in [7, 11) is 0. The van der Waals surface area contributed by atoms with E-state index in [4.69, 9.17) is 22.9 Å². The number of carbonyl (C=O) groups excluding carboxylic acids is 6. The van der Waals surface area contributed by atoms with E-state index in [1.807, 2.05) is 30.3 Å². The van der Waals surface area contributed by atoms with Gasteiger partial charge in [0.05, 0.1) is 26.2 Å². The molecule has 1 heterocycles. The fourth-order valence-corrected chi connectivity index (χ4v) is 6.58. The van der Waals surface area contributed by atoms with Crippen LogP contribution in [0.1, 0.15) is 80.6 Å². The Morgan fingerprint density at radius 1 is 0.518 bits per heavy atom. The summed E-state index contributed by atoms with van der Waals surface area (Å²) >= 11 is 0. The van der Waals surface area contributed by atoms with E-state index in [9.17, 15) is 28.8 Å². The Balaban J connectivity index is 2.15. The Morgan fingerprint density at radius 2 is 0.929 bits per heavy atom. The molecule has 1 aliphatic rings. The number of fused-ring (bicyclic) bond motifs is 5. The van der Waals surface area contributed by atoms with Crippen LogP contribution in [0.2, 0.25) is 0 Å². The molecule has 15 nitrogen and oxygen atoms in total. The van der Waals surface area contributed by atoms with E-state index < -0.39 is 23.6 Å². The average Bonchev–Trinajstić information content (AvgIpc) is 3.18. The zero-order valence-corrected chi connectivity index (χ0v) is 33.2. The van der Waals surface area contributed by atoms with Gasteiger partial charge in [0.1, 0.15) is 6.54 Å². The Hall–Kier alpha value is -4.86. The number of unbranched alkanes of at least 4 members (excludes halogenated alkanes) is 5. The summed E-state index contributed by atoms with van der Waals surface area (Å²) in [5, 5.41) is 0. The minimum Gasteiger partial charge on any atom is -0.368 e. The molecular weight excluding hydrogens is 715 g/mol. The number of hydrogen-bond acceptors (Lipinski definition) is 9. The Morgan fingerprint density at radius 3 is 1.41 bits per heavy atom. The molecule has 0 saturated carbocycles. The number of primary amides is 1. The van der Waals surface area contributed by atoms with E-state index in [0.717, 1.165) is 24.0 Å². The minimum absolute atomic E-state index is 0.0378. The van der Waals surface area contributed by atoms with Crippen LogP contribution >= 0.6 is 0 Å². The van der Waals surface area contributed by atoms with Gasteiger partial charge in [-0.1, -0.05) is 50.1 Å². The Kier molecular flexibility index (Phi) is 20.0. The highest BCUT2D eigenvalue weighted by atomic mass is 16.2. The third-order valence-corrected chi connectivity index (χ3v) is 9.77. The maximum atomic E-state index is 14.2. The summed E-state index contributed by atoms with van der Waals surface area (Å²) in [5.41, 5.74) is 25.5. The van der Waals surface area contributed by atoms with Crippen molar-refractivity contribution >= 4 is 35.4 Å². The molecule has 0 radical (unpaired) electrons. The van der Waals surface area contributed by atoms with Gasteiger partial charge in [0.25, 0.3) is 5.91 Å². The van der Waals surface area contributed by atoms with Crippen LogP contribution in [0.5, 0.6) is 0 Å². The van der Waals surface area contributed by atoms with Crippen molar-refractivity contribution in [3.63, 3.8) is 0 Å². The summed E-state index contributed by atoms with van der Waals surface area (Å²) in [5.74, 6) is -2.80. The number of nitrogens with zero attached hydrogens (tertiary/aromatic N) is 5. The van der Waals surface area contributed by atoms with Gasteiger partial charge in [-0.15, -0.1) is 0 Å². The fraction of sp³-hybridized carbons (Fsp3) is 0.561. The quantitative estimate of drug-likeness (QED) is 0.161. The van der Waals surface area contributed by atoms with Crippen LogP contribution in [0.3, 0.4) is 0 Å². The molecule has 8 N–H and O–H groups in total. The molecule has 6 amide bonds.